The maximum atomic E-state index is 13.0. The molecule has 164 valence electrons. The van der Waals surface area contributed by atoms with Gasteiger partial charge in [-0.25, -0.2) is 0 Å². The molecule has 1 amide bonds. The minimum absolute atomic E-state index is 0.0270. The zero-order valence-electron chi connectivity index (χ0n) is 17.7. The number of fused-ring (bicyclic) bond motifs is 1. The fraction of sp³-hybridized carbons (Fsp3) is 0.391. The topological polar surface area (TPSA) is 88.1 Å². The van der Waals surface area contributed by atoms with Crippen LogP contribution in [0.1, 0.15) is 43.9 Å². The first-order valence-electron chi connectivity index (χ1n) is 10.6. The van der Waals surface area contributed by atoms with Crippen molar-refractivity contribution in [1.29, 1.82) is 0 Å². The zero-order valence-corrected chi connectivity index (χ0v) is 18.6. The van der Waals surface area contributed by atoms with E-state index in [4.69, 9.17) is 4.74 Å². The molecule has 4 rings (SSSR count). The SMILES string of the molecule is CCOc1ccc(C(C)NC(=O)C2CCCN(C3=NS(=O)(=O)c4ccccc43)C2)cc1. The van der Waals surface area contributed by atoms with Crippen molar-refractivity contribution in [2.45, 2.75) is 37.6 Å². The molecule has 2 atom stereocenters. The Labute approximate surface area is 183 Å². The lowest BCUT2D eigenvalue weighted by atomic mass is 9.95. The summed E-state index contributed by atoms with van der Waals surface area (Å²) in [6.07, 6.45) is 1.57. The Kier molecular flexibility index (Phi) is 6.00. The number of sulfonamides is 1. The fourth-order valence-electron chi connectivity index (χ4n) is 4.13. The molecule has 7 nitrogen and oxygen atoms in total. The predicted molar refractivity (Wildman–Crippen MR) is 119 cm³/mol. The van der Waals surface area contributed by atoms with Crippen LogP contribution in [0.5, 0.6) is 5.75 Å². The van der Waals surface area contributed by atoms with E-state index < -0.39 is 10.0 Å². The van der Waals surface area contributed by atoms with Crippen LogP contribution in [0.4, 0.5) is 0 Å². The van der Waals surface area contributed by atoms with Gasteiger partial charge in [-0.15, -0.1) is 4.40 Å². The monoisotopic (exact) mass is 441 g/mol. The Bertz CT molecular complexity index is 1100. The summed E-state index contributed by atoms with van der Waals surface area (Å²) >= 11 is 0. The molecule has 0 aromatic heterocycles. The number of rotatable bonds is 5. The molecule has 1 fully saturated rings. The van der Waals surface area contributed by atoms with Gasteiger partial charge in [0.25, 0.3) is 10.0 Å². The second kappa shape index (κ2) is 8.70. The van der Waals surface area contributed by atoms with E-state index in [2.05, 4.69) is 9.71 Å². The van der Waals surface area contributed by atoms with Gasteiger partial charge in [-0.1, -0.05) is 24.3 Å². The lowest BCUT2D eigenvalue weighted by Gasteiger charge is -2.34. The van der Waals surface area contributed by atoms with E-state index in [0.717, 1.165) is 24.2 Å². The molecule has 2 aliphatic rings. The van der Waals surface area contributed by atoms with Gasteiger partial charge in [0.05, 0.1) is 18.6 Å². The third-order valence-corrected chi connectivity index (χ3v) is 7.08. The van der Waals surface area contributed by atoms with Gasteiger partial charge in [-0.2, -0.15) is 8.42 Å². The standard InChI is InChI=1S/C23H27N3O4S/c1-3-30-19-12-10-17(11-13-19)16(2)24-23(27)18-7-6-14-26(15-18)22-20-8-4-5-9-21(20)31(28,29)25-22/h4-5,8-13,16,18H,3,6-7,14-15H2,1-2H3,(H,24,27). The average Bonchev–Trinajstić information content (AvgIpc) is 3.06. The molecule has 1 N–H and O–H groups in total. The maximum absolute atomic E-state index is 13.0. The second-order valence-corrected chi connectivity index (χ2v) is 9.48. The number of hydrogen-bond donors (Lipinski definition) is 1. The molecule has 8 heteroatoms. The summed E-state index contributed by atoms with van der Waals surface area (Å²) in [5.41, 5.74) is 1.62. The zero-order chi connectivity index (χ0) is 22.0. The Morgan fingerprint density at radius 2 is 1.97 bits per heavy atom. The third kappa shape index (κ3) is 4.44. The largest absolute Gasteiger partial charge is 0.494 e. The molecule has 2 aromatic carbocycles. The van der Waals surface area contributed by atoms with Crippen LogP contribution < -0.4 is 10.1 Å². The van der Waals surface area contributed by atoms with Crippen LogP contribution in [-0.2, 0) is 14.8 Å². The van der Waals surface area contributed by atoms with E-state index in [9.17, 15) is 13.2 Å². The molecule has 2 aliphatic heterocycles. The lowest BCUT2D eigenvalue weighted by molar-refractivity contribution is -0.126. The minimum Gasteiger partial charge on any atom is -0.494 e. The number of piperidine rings is 1. The van der Waals surface area contributed by atoms with Gasteiger partial charge in [0.1, 0.15) is 10.6 Å². The molecule has 0 bridgehead atoms. The number of nitrogens with zero attached hydrogens (tertiary/aromatic N) is 2. The predicted octanol–water partition coefficient (Wildman–Crippen LogP) is 3.12. The van der Waals surface area contributed by atoms with E-state index in [1.54, 1.807) is 18.2 Å². The summed E-state index contributed by atoms with van der Waals surface area (Å²) in [6, 6.07) is 14.4. The molecule has 31 heavy (non-hydrogen) atoms. The van der Waals surface area contributed by atoms with Crippen LogP contribution in [0.3, 0.4) is 0 Å². The molecule has 0 aliphatic carbocycles. The van der Waals surface area contributed by atoms with Gasteiger partial charge in [-0.05, 0) is 56.5 Å². The van der Waals surface area contributed by atoms with Crippen molar-refractivity contribution in [2.24, 2.45) is 10.3 Å². The smallest absolute Gasteiger partial charge is 0.285 e. The van der Waals surface area contributed by atoms with Gasteiger partial charge in [-0.3, -0.25) is 4.79 Å². The summed E-state index contributed by atoms with van der Waals surface area (Å²) in [6.45, 7) is 5.64. The van der Waals surface area contributed by atoms with E-state index in [1.807, 2.05) is 49.1 Å². The highest BCUT2D eigenvalue weighted by Crippen LogP contribution is 2.30. The summed E-state index contributed by atoms with van der Waals surface area (Å²) in [5.74, 6) is 1.01. The molecular weight excluding hydrogens is 414 g/mol. The fourth-order valence-corrected chi connectivity index (χ4v) is 5.36. The van der Waals surface area contributed by atoms with Crippen molar-refractivity contribution in [2.75, 3.05) is 19.7 Å². The average molecular weight is 442 g/mol. The number of benzene rings is 2. The number of hydrogen-bond acceptors (Lipinski definition) is 5. The van der Waals surface area contributed by atoms with Gasteiger partial charge in [0.2, 0.25) is 5.91 Å². The number of amidine groups is 1. The van der Waals surface area contributed by atoms with Crippen LogP contribution >= 0.6 is 0 Å². The molecule has 2 heterocycles. The number of carbonyl (C=O) groups excluding carboxylic acids is 1. The third-order valence-electron chi connectivity index (χ3n) is 5.75. The molecular formula is C23H27N3O4S. The number of nitrogens with one attached hydrogen (secondary N) is 1. The first kappa shape index (κ1) is 21.4. The molecule has 2 aromatic rings. The maximum Gasteiger partial charge on any atom is 0.285 e. The van der Waals surface area contributed by atoms with E-state index >= 15 is 0 Å². The molecule has 0 spiro atoms. The van der Waals surface area contributed by atoms with Crippen LogP contribution in [0, 0.1) is 5.92 Å². The van der Waals surface area contributed by atoms with Gasteiger partial charge in [0, 0.05) is 18.7 Å². The summed E-state index contributed by atoms with van der Waals surface area (Å²) in [5, 5.41) is 3.10. The van der Waals surface area contributed by atoms with Crippen LogP contribution in [0.15, 0.2) is 57.8 Å². The number of likely N-dealkylation sites (tertiary alicyclic amines) is 1. The first-order chi connectivity index (χ1) is 14.9. The molecule has 0 saturated carbocycles. The van der Waals surface area contributed by atoms with E-state index in [-0.39, 0.29) is 22.8 Å². The molecule has 0 radical (unpaired) electrons. The highest BCUT2D eigenvalue weighted by atomic mass is 32.2. The Hall–Kier alpha value is -2.87. The Morgan fingerprint density at radius 3 is 2.71 bits per heavy atom. The number of carbonyl (C=O) groups is 1. The van der Waals surface area contributed by atoms with E-state index in [1.165, 1.54) is 0 Å². The van der Waals surface area contributed by atoms with Crippen LogP contribution in [-0.4, -0.2) is 44.8 Å². The number of amides is 1. The van der Waals surface area contributed by atoms with Gasteiger partial charge >= 0.3 is 0 Å². The number of ether oxygens (including phenoxy) is 1. The Morgan fingerprint density at radius 1 is 1.23 bits per heavy atom. The normalized spacial score (nSPS) is 20.5. The first-order valence-corrected chi connectivity index (χ1v) is 12.1. The van der Waals surface area contributed by atoms with Crippen molar-refractivity contribution in [3.05, 3.63) is 59.7 Å². The highest BCUT2D eigenvalue weighted by Gasteiger charge is 2.35. The lowest BCUT2D eigenvalue weighted by Crippen LogP contribution is -2.45. The summed E-state index contributed by atoms with van der Waals surface area (Å²) in [7, 11) is -3.67. The Balaban J connectivity index is 1.43. The second-order valence-electron chi connectivity index (χ2n) is 7.90. The van der Waals surface area contributed by atoms with Gasteiger partial charge in [0.15, 0.2) is 5.84 Å². The summed E-state index contributed by atoms with van der Waals surface area (Å²) < 4.78 is 34.3. The summed E-state index contributed by atoms with van der Waals surface area (Å²) in [4.78, 5) is 15.1. The van der Waals surface area contributed by atoms with Crippen molar-refractivity contribution in [3.8, 4) is 5.75 Å². The van der Waals surface area contributed by atoms with Crippen LogP contribution in [0.25, 0.3) is 0 Å². The van der Waals surface area contributed by atoms with Crippen molar-refractivity contribution >= 4 is 21.8 Å². The molecule has 2 unspecified atom stereocenters. The van der Waals surface area contributed by atoms with Crippen molar-refractivity contribution in [1.82, 2.24) is 10.2 Å². The van der Waals surface area contributed by atoms with Crippen molar-refractivity contribution in [3.63, 3.8) is 0 Å². The highest BCUT2D eigenvalue weighted by molar-refractivity contribution is 7.90. The van der Waals surface area contributed by atoms with Gasteiger partial charge < -0.3 is 15.0 Å². The van der Waals surface area contributed by atoms with Crippen LogP contribution in [0.2, 0.25) is 0 Å². The quantitative estimate of drug-likeness (QED) is 0.770. The molecule has 1 saturated heterocycles. The van der Waals surface area contributed by atoms with Crippen molar-refractivity contribution < 1.29 is 17.9 Å². The minimum atomic E-state index is -3.67. The van der Waals surface area contributed by atoms with E-state index in [0.29, 0.717) is 31.1 Å².